The van der Waals surface area contributed by atoms with Gasteiger partial charge < -0.3 is 10.0 Å². The number of carbonyl (C=O) groups is 1. The molecule has 1 aromatic heterocycles. The van der Waals surface area contributed by atoms with E-state index < -0.39 is 17.1 Å². The third-order valence-electron chi connectivity index (χ3n) is 5.30. The van der Waals surface area contributed by atoms with Gasteiger partial charge in [0.25, 0.3) is 5.91 Å². The molecule has 0 unspecified atom stereocenters. The van der Waals surface area contributed by atoms with Crippen LogP contribution in [0.25, 0.3) is 0 Å². The molecule has 0 aliphatic heterocycles. The molecule has 156 valence electrons. The summed E-state index contributed by atoms with van der Waals surface area (Å²) in [5.74, 6) is -0.884. The fourth-order valence-electron chi connectivity index (χ4n) is 3.80. The highest BCUT2D eigenvalue weighted by Gasteiger charge is 2.29. The Kier molecular flexibility index (Phi) is 6.67. The summed E-state index contributed by atoms with van der Waals surface area (Å²) in [6, 6.07) is 20.3. The summed E-state index contributed by atoms with van der Waals surface area (Å²) in [4.78, 5) is 26.5. The van der Waals surface area contributed by atoms with Crippen molar-refractivity contribution in [1.82, 2.24) is 15.1 Å². The molecular weight excluding hydrogens is 378 g/mol. The molecule has 0 saturated carbocycles. The summed E-state index contributed by atoms with van der Waals surface area (Å²) in [6.07, 6.45) is 0.954. The lowest BCUT2D eigenvalue weighted by molar-refractivity contribution is 0.0660. The fraction of sp³-hybridized carbons (Fsp3) is 0.292. The van der Waals surface area contributed by atoms with Crippen molar-refractivity contribution in [3.63, 3.8) is 0 Å². The first-order valence-electron chi connectivity index (χ1n) is 10.1. The van der Waals surface area contributed by atoms with Crippen LogP contribution in [0, 0.1) is 5.92 Å². The van der Waals surface area contributed by atoms with Crippen LogP contribution in [0.15, 0.2) is 71.7 Å². The number of nitrogens with one attached hydrogen (secondary N) is 1. The average Bonchev–Trinajstić information content (AvgIpc) is 2.75. The molecule has 30 heavy (non-hydrogen) atoms. The van der Waals surface area contributed by atoms with E-state index in [2.05, 4.69) is 41.4 Å². The van der Waals surface area contributed by atoms with Gasteiger partial charge in [-0.05, 0) is 30.9 Å². The zero-order chi connectivity index (χ0) is 21.7. The van der Waals surface area contributed by atoms with Crippen LogP contribution in [0.1, 0.15) is 48.3 Å². The molecule has 2 aromatic carbocycles. The van der Waals surface area contributed by atoms with E-state index in [4.69, 9.17) is 0 Å². The van der Waals surface area contributed by atoms with E-state index in [1.807, 2.05) is 50.2 Å². The molecule has 6 nitrogen and oxygen atoms in total. The number of H-pyrrole nitrogens is 1. The number of nitrogens with zero attached hydrogens (tertiary/aromatic N) is 2. The number of aromatic nitrogens is 2. The minimum Gasteiger partial charge on any atom is -0.502 e. The molecule has 6 heteroatoms. The fourth-order valence-corrected chi connectivity index (χ4v) is 3.80. The minimum atomic E-state index is -0.680. The zero-order valence-electron chi connectivity index (χ0n) is 17.4. The first kappa shape index (κ1) is 21.3. The molecule has 0 aliphatic rings. The van der Waals surface area contributed by atoms with Crippen molar-refractivity contribution in [2.24, 2.45) is 5.92 Å². The summed E-state index contributed by atoms with van der Waals surface area (Å²) in [7, 11) is 0. The first-order chi connectivity index (χ1) is 14.4. The molecule has 3 aromatic rings. The number of hydrogen-bond donors (Lipinski definition) is 2. The number of rotatable bonds is 7. The summed E-state index contributed by atoms with van der Waals surface area (Å²) in [5, 5.41) is 16.2. The van der Waals surface area contributed by atoms with Crippen LogP contribution in [0.3, 0.4) is 0 Å². The van der Waals surface area contributed by atoms with Crippen LogP contribution in [-0.2, 0) is 0 Å². The Morgan fingerprint density at radius 1 is 1.00 bits per heavy atom. The largest absolute Gasteiger partial charge is 0.502 e. The lowest BCUT2D eigenvalue weighted by Gasteiger charge is -2.33. The highest BCUT2D eigenvalue weighted by atomic mass is 16.3. The van der Waals surface area contributed by atoms with Gasteiger partial charge in [-0.25, -0.2) is 0 Å². The van der Waals surface area contributed by atoms with Crippen LogP contribution in [0.2, 0.25) is 0 Å². The van der Waals surface area contributed by atoms with Gasteiger partial charge in [0.2, 0.25) is 5.43 Å². The number of amides is 1. The predicted octanol–water partition coefficient (Wildman–Crippen LogP) is 3.79. The molecule has 3 rings (SSSR count). The predicted molar refractivity (Wildman–Crippen MR) is 117 cm³/mol. The molecule has 1 amide bonds. The van der Waals surface area contributed by atoms with Crippen LogP contribution in [0.5, 0.6) is 5.75 Å². The van der Waals surface area contributed by atoms with Crippen molar-refractivity contribution >= 4 is 5.91 Å². The van der Waals surface area contributed by atoms with Crippen LogP contribution < -0.4 is 5.43 Å². The highest BCUT2D eigenvalue weighted by molar-refractivity contribution is 5.94. The Hall–Kier alpha value is -3.41. The molecule has 0 saturated heterocycles. The highest BCUT2D eigenvalue weighted by Crippen LogP contribution is 2.33. The number of benzene rings is 2. The summed E-state index contributed by atoms with van der Waals surface area (Å²) < 4.78 is 0. The number of aromatic amines is 1. The van der Waals surface area contributed by atoms with Crippen LogP contribution in [0.4, 0.5) is 0 Å². The summed E-state index contributed by atoms with van der Waals surface area (Å²) in [6.45, 7) is 6.38. The first-order valence-corrected chi connectivity index (χ1v) is 10.1. The Balaban J connectivity index is 1.94. The monoisotopic (exact) mass is 405 g/mol. The molecule has 0 bridgehead atoms. The second-order valence-electron chi connectivity index (χ2n) is 7.79. The zero-order valence-corrected chi connectivity index (χ0v) is 17.4. The standard InChI is InChI=1S/C24H27N3O3/c1-16(2)27(24(30)22-23(29)20(28)14-25-26-22)15-17(3)21(18-10-6-4-7-11-18)19-12-8-5-9-13-19/h4-14,16-17,21H,15H2,1-3H3,(H,25,29)(H,26,28)/t17-/m0/s1. The van der Waals surface area contributed by atoms with Crippen LogP contribution >= 0.6 is 0 Å². The van der Waals surface area contributed by atoms with Crippen molar-refractivity contribution in [2.45, 2.75) is 32.7 Å². The molecule has 1 atom stereocenters. The van der Waals surface area contributed by atoms with Gasteiger partial charge in [0, 0.05) is 18.5 Å². The van der Waals surface area contributed by atoms with Crippen LogP contribution in [-0.4, -0.2) is 38.7 Å². The van der Waals surface area contributed by atoms with Gasteiger partial charge in [-0.2, -0.15) is 5.10 Å². The van der Waals surface area contributed by atoms with Gasteiger partial charge in [-0.3, -0.25) is 14.7 Å². The third kappa shape index (κ3) is 4.59. The second-order valence-corrected chi connectivity index (χ2v) is 7.79. The van der Waals surface area contributed by atoms with E-state index in [0.717, 1.165) is 6.20 Å². The SMILES string of the molecule is CC(C)N(C[C@H](C)C(c1ccccc1)c1ccccc1)C(=O)c1[nH]ncc(=O)c1O. The molecule has 0 radical (unpaired) electrons. The molecule has 0 spiro atoms. The Labute approximate surface area is 176 Å². The van der Waals surface area contributed by atoms with Crippen molar-refractivity contribution in [3.05, 3.63) is 93.9 Å². The second kappa shape index (κ2) is 9.39. The average molecular weight is 405 g/mol. The van der Waals surface area contributed by atoms with E-state index in [-0.39, 0.29) is 23.6 Å². The number of carbonyl (C=O) groups excluding carboxylic acids is 1. The van der Waals surface area contributed by atoms with Gasteiger partial charge >= 0.3 is 0 Å². The van der Waals surface area contributed by atoms with Gasteiger partial charge in [-0.15, -0.1) is 0 Å². The van der Waals surface area contributed by atoms with E-state index in [9.17, 15) is 14.7 Å². The topological polar surface area (TPSA) is 86.3 Å². The van der Waals surface area contributed by atoms with Crippen molar-refractivity contribution < 1.29 is 9.90 Å². The number of aromatic hydroxyl groups is 1. The van der Waals surface area contributed by atoms with E-state index in [0.29, 0.717) is 6.54 Å². The van der Waals surface area contributed by atoms with Crippen molar-refractivity contribution in [3.8, 4) is 5.75 Å². The van der Waals surface area contributed by atoms with E-state index in [1.54, 1.807) is 4.90 Å². The molecule has 0 aliphatic carbocycles. The molecule has 1 heterocycles. The minimum absolute atomic E-state index is 0.0756. The molecule has 2 N–H and O–H groups in total. The van der Waals surface area contributed by atoms with Crippen molar-refractivity contribution in [2.75, 3.05) is 6.54 Å². The number of hydrogen-bond acceptors (Lipinski definition) is 4. The maximum atomic E-state index is 13.1. The maximum absolute atomic E-state index is 13.1. The Morgan fingerprint density at radius 2 is 1.53 bits per heavy atom. The lowest BCUT2D eigenvalue weighted by Crippen LogP contribution is -2.42. The van der Waals surface area contributed by atoms with Gasteiger partial charge in [0.1, 0.15) is 0 Å². The van der Waals surface area contributed by atoms with E-state index in [1.165, 1.54) is 11.1 Å². The van der Waals surface area contributed by atoms with Gasteiger partial charge in [-0.1, -0.05) is 67.6 Å². The van der Waals surface area contributed by atoms with E-state index >= 15 is 0 Å². The van der Waals surface area contributed by atoms with Crippen molar-refractivity contribution in [1.29, 1.82) is 0 Å². The maximum Gasteiger partial charge on any atom is 0.276 e. The van der Waals surface area contributed by atoms with Gasteiger partial charge in [0.05, 0.1) is 6.20 Å². The third-order valence-corrected chi connectivity index (χ3v) is 5.30. The van der Waals surface area contributed by atoms with Gasteiger partial charge in [0.15, 0.2) is 11.4 Å². The Bertz CT molecular complexity index is 993. The lowest BCUT2D eigenvalue weighted by atomic mass is 9.81. The normalized spacial score (nSPS) is 12.2. The smallest absolute Gasteiger partial charge is 0.276 e. The summed E-state index contributed by atoms with van der Waals surface area (Å²) in [5.41, 5.74) is 1.48. The quantitative estimate of drug-likeness (QED) is 0.626. The molecular formula is C24H27N3O3. The summed E-state index contributed by atoms with van der Waals surface area (Å²) >= 11 is 0. The Morgan fingerprint density at radius 3 is 2.03 bits per heavy atom. The molecule has 0 fully saturated rings.